The highest BCUT2D eigenvalue weighted by Gasteiger charge is 2.32. The van der Waals surface area contributed by atoms with Crippen LogP contribution < -0.4 is 15.2 Å². The number of aryl methyl sites for hydroxylation is 2. The average molecular weight is 541 g/mol. The summed E-state index contributed by atoms with van der Waals surface area (Å²) in [5.74, 6) is 0.758. The summed E-state index contributed by atoms with van der Waals surface area (Å²) in [5.41, 5.74) is 1.52. The number of amidine groups is 1. The van der Waals surface area contributed by atoms with Crippen LogP contribution in [-0.2, 0) is 23.4 Å². The molecule has 2 aliphatic rings. The predicted octanol–water partition coefficient (Wildman–Crippen LogP) is 5.34. The summed E-state index contributed by atoms with van der Waals surface area (Å²) in [5, 5.41) is 1.03. The van der Waals surface area contributed by atoms with E-state index in [-0.39, 0.29) is 22.8 Å². The molecular formula is C25H18F2N4O4S2. The Balaban J connectivity index is 1.30. The van der Waals surface area contributed by atoms with Gasteiger partial charge < -0.3 is 14.1 Å². The molecule has 4 heterocycles. The lowest BCUT2D eigenvalue weighted by Crippen LogP contribution is -2.30. The molecule has 1 N–H and O–H groups in total. The fourth-order valence-corrected chi connectivity index (χ4v) is 6.52. The molecular weight excluding hydrogens is 522 g/mol. The van der Waals surface area contributed by atoms with Crippen LogP contribution in [0.25, 0.3) is 16.3 Å². The van der Waals surface area contributed by atoms with E-state index < -0.39 is 12.5 Å². The Morgan fingerprint density at radius 3 is 2.81 bits per heavy atom. The van der Waals surface area contributed by atoms with Crippen molar-refractivity contribution in [3.63, 3.8) is 0 Å². The lowest BCUT2D eigenvalue weighted by Gasteiger charge is -2.18. The summed E-state index contributed by atoms with van der Waals surface area (Å²) in [6.45, 7) is -2.95. The number of aliphatic imine (C=N–C) groups is 1. The smallest absolute Gasteiger partial charge is 0.387 e. The molecule has 0 atom stereocenters. The zero-order valence-electron chi connectivity index (χ0n) is 19.1. The molecule has 0 spiro atoms. The third-order valence-corrected chi connectivity index (χ3v) is 8.07. The summed E-state index contributed by atoms with van der Waals surface area (Å²) in [7, 11) is 0. The lowest BCUT2D eigenvalue weighted by molar-refractivity contribution is -0.113. The second-order valence-corrected chi connectivity index (χ2v) is 10.3. The average Bonchev–Trinajstić information content (AvgIpc) is 3.64. The predicted molar refractivity (Wildman–Crippen MR) is 138 cm³/mol. The second-order valence-electron chi connectivity index (χ2n) is 8.29. The Bertz CT molecular complexity index is 1610. The summed E-state index contributed by atoms with van der Waals surface area (Å²) < 4.78 is 34.8. The first-order chi connectivity index (χ1) is 18.0. The van der Waals surface area contributed by atoms with Crippen LogP contribution in [0.1, 0.15) is 28.4 Å². The van der Waals surface area contributed by atoms with Gasteiger partial charge >= 0.3 is 6.61 Å². The minimum Gasteiger partial charge on any atom is -0.465 e. The van der Waals surface area contributed by atoms with Crippen molar-refractivity contribution in [3.8, 4) is 5.75 Å². The highest BCUT2D eigenvalue weighted by molar-refractivity contribution is 8.13. The summed E-state index contributed by atoms with van der Waals surface area (Å²) in [4.78, 5) is 41.5. The number of rotatable bonds is 6. The standard InChI is InChI=1S/C25H18F2N4O4S2/c26-24(27)35-14-8-6-13(7-9-14)31-23(33)17(11-15-3-2-10-34-15)28-25(31)36-12-19-29-21(32)20-16-4-1-5-18(16)37-22(20)30-19/h2-3,6-11,24H,1,4-5,12H2,(H,29,30,32)/b17-11+. The number of carbonyl (C=O) groups excluding carboxylic acids is 1. The van der Waals surface area contributed by atoms with Gasteiger partial charge in [-0.05, 0) is 61.2 Å². The number of aromatic nitrogens is 2. The van der Waals surface area contributed by atoms with E-state index >= 15 is 0 Å². The van der Waals surface area contributed by atoms with Crippen LogP contribution in [0.3, 0.4) is 0 Å². The van der Waals surface area contributed by atoms with E-state index in [1.165, 1.54) is 58.1 Å². The Hall–Kier alpha value is -3.77. The summed E-state index contributed by atoms with van der Waals surface area (Å²) in [6.07, 6.45) is 5.94. The van der Waals surface area contributed by atoms with Gasteiger partial charge in [-0.15, -0.1) is 11.3 Å². The van der Waals surface area contributed by atoms with Gasteiger partial charge in [-0.25, -0.2) is 9.98 Å². The first kappa shape index (κ1) is 23.6. The van der Waals surface area contributed by atoms with Gasteiger partial charge in [-0.2, -0.15) is 8.78 Å². The Kier molecular flexibility index (Phi) is 6.13. The van der Waals surface area contributed by atoms with Crippen molar-refractivity contribution in [1.29, 1.82) is 0 Å². The summed E-state index contributed by atoms with van der Waals surface area (Å²) in [6, 6.07) is 9.11. The molecule has 1 amide bonds. The third kappa shape index (κ3) is 4.58. The molecule has 1 aliphatic heterocycles. The monoisotopic (exact) mass is 540 g/mol. The number of thiophene rings is 1. The van der Waals surface area contributed by atoms with Crippen LogP contribution in [0.15, 0.2) is 62.6 Å². The number of aromatic amines is 1. The maximum absolute atomic E-state index is 13.3. The second kappa shape index (κ2) is 9.60. The van der Waals surface area contributed by atoms with Crippen LogP contribution in [-0.4, -0.2) is 27.7 Å². The van der Waals surface area contributed by atoms with E-state index in [9.17, 15) is 18.4 Å². The Labute approximate surface area is 216 Å². The minimum atomic E-state index is -2.95. The fraction of sp³-hybridized carbons (Fsp3) is 0.200. The van der Waals surface area contributed by atoms with Gasteiger partial charge in [0.25, 0.3) is 11.5 Å². The molecule has 0 fully saturated rings. The summed E-state index contributed by atoms with van der Waals surface area (Å²) >= 11 is 2.79. The quantitative estimate of drug-likeness (QED) is 0.331. The zero-order chi connectivity index (χ0) is 25.5. The van der Waals surface area contributed by atoms with Crippen molar-refractivity contribution < 1.29 is 22.7 Å². The number of hydrogen-bond acceptors (Lipinski definition) is 8. The van der Waals surface area contributed by atoms with Crippen LogP contribution in [0.5, 0.6) is 5.75 Å². The fourth-order valence-electron chi connectivity index (χ4n) is 4.35. The molecule has 12 heteroatoms. The number of anilines is 1. The van der Waals surface area contributed by atoms with E-state index in [2.05, 4.69) is 19.7 Å². The lowest BCUT2D eigenvalue weighted by atomic mass is 10.2. The van der Waals surface area contributed by atoms with E-state index in [4.69, 9.17) is 4.42 Å². The van der Waals surface area contributed by atoms with E-state index in [0.29, 0.717) is 27.8 Å². The maximum atomic E-state index is 13.3. The van der Waals surface area contributed by atoms with Gasteiger partial charge in [0, 0.05) is 11.0 Å². The van der Waals surface area contributed by atoms with Crippen molar-refractivity contribution in [1.82, 2.24) is 9.97 Å². The number of thioether (sulfide) groups is 1. The number of halogens is 2. The van der Waals surface area contributed by atoms with Gasteiger partial charge in [0.05, 0.1) is 23.1 Å². The molecule has 188 valence electrons. The highest BCUT2D eigenvalue weighted by atomic mass is 32.2. The number of ether oxygens (including phenoxy) is 1. The molecule has 1 aliphatic carbocycles. The molecule has 0 saturated carbocycles. The number of alkyl halides is 2. The molecule has 0 bridgehead atoms. The van der Waals surface area contributed by atoms with Crippen molar-refractivity contribution in [3.05, 3.63) is 80.7 Å². The highest BCUT2D eigenvalue weighted by Crippen LogP contribution is 2.35. The number of benzene rings is 1. The molecule has 3 aromatic heterocycles. The van der Waals surface area contributed by atoms with Crippen LogP contribution >= 0.6 is 23.1 Å². The number of carbonyl (C=O) groups is 1. The number of furan rings is 1. The van der Waals surface area contributed by atoms with Crippen LogP contribution in [0.2, 0.25) is 0 Å². The largest absolute Gasteiger partial charge is 0.465 e. The van der Waals surface area contributed by atoms with E-state index in [1.54, 1.807) is 23.5 Å². The minimum absolute atomic E-state index is 0.0270. The van der Waals surface area contributed by atoms with Crippen molar-refractivity contribution in [2.24, 2.45) is 4.99 Å². The maximum Gasteiger partial charge on any atom is 0.387 e. The van der Waals surface area contributed by atoms with Crippen molar-refractivity contribution in [2.45, 2.75) is 31.6 Å². The van der Waals surface area contributed by atoms with Crippen molar-refractivity contribution >= 4 is 56.2 Å². The van der Waals surface area contributed by atoms with Gasteiger partial charge in [-0.3, -0.25) is 14.5 Å². The van der Waals surface area contributed by atoms with Crippen molar-refractivity contribution in [2.75, 3.05) is 4.90 Å². The normalized spacial score (nSPS) is 16.3. The number of hydrogen-bond donors (Lipinski definition) is 1. The van der Waals surface area contributed by atoms with Gasteiger partial charge in [0.1, 0.15) is 27.9 Å². The first-order valence-corrected chi connectivity index (χ1v) is 13.2. The third-order valence-electron chi connectivity index (χ3n) is 5.93. The van der Waals surface area contributed by atoms with Gasteiger partial charge in [-0.1, -0.05) is 11.8 Å². The number of nitrogens with zero attached hydrogens (tertiary/aromatic N) is 3. The van der Waals surface area contributed by atoms with Gasteiger partial charge in [0.15, 0.2) is 5.17 Å². The Morgan fingerprint density at radius 1 is 1.22 bits per heavy atom. The molecule has 8 nitrogen and oxygen atoms in total. The van der Waals surface area contributed by atoms with E-state index in [1.807, 2.05) is 0 Å². The number of amides is 1. The number of nitrogens with one attached hydrogen (secondary N) is 1. The van der Waals surface area contributed by atoms with Gasteiger partial charge in [0.2, 0.25) is 0 Å². The molecule has 1 aromatic carbocycles. The molecule has 37 heavy (non-hydrogen) atoms. The van der Waals surface area contributed by atoms with Crippen LogP contribution in [0, 0.1) is 0 Å². The topological polar surface area (TPSA) is 101 Å². The molecule has 0 saturated heterocycles. The Morgan fingerprint density at radius 2 is 2.05 bits per heavy atom. The first-order valence-electron chi connectivity index (χ1n) is 11.4. The molecule has 4 aromatic rings. The molecule has 6 rings (SSSR count). The SMILES string of the molecule is O=C1/C(=C\c2ccco2)N=C(SCc2nc3sc4c(c3c(=O)[nH]2)CCC4)N1c1ccc(OC(F)F)cc1. The zero-order valence-corrected chi connectivity index (χ0v) is 20.7. The number of fused-ring (bicyclic) bond motifs is 3. The van der Waals surface area contributed by atoms with E-state index in [0.717, 1.165) is 29.7 Å². The number of H-pyrrole nitrogens is 1. The van der Waals surface area contributed by atoms with Crippen LogP contribution in [0.4, 0.5) is 14.5 Å². The molecule has 0 radical (unpaired) electrons. The molecule has 0 unspecified atom stereocenters.